The molecule has 9 N–H and O–H groups in total. The molecule has 1 aliphatic heterocycles. The number of carboxylic acid groups (broad SMARTS) is 1. The Morgan fingerprint density at radius 3 is 1.87 bits per heavy atom. The summed E-state index contributed by atoms with van der Waals surface area (Å²) in [4.78, 5) is 143. The molecule has 5 rings (SSSR count). The van der Waals surface area contributed by atoms with Gasteiger partial charge in [-0.1, -0.05) is 81.4 Å². The van der Waals surface area contributed by atoms with Gasteiger partial charge >= 0.3 is 12.1 Å². The number of amides is 10. The summed E-state index contributed by atoms with van der Waals surface area (Å²) >= 11 is 0.940. The molecule has 1 aliphatic rings. The van der Waals surface area contributed by atoms with Gasteiger partial charge in [0.25, 0.3) is 11.8 Å². The van der Waals surface area contributed by atoms with Crippen LogP contribution in [0, 0.1) is 17.0 Å². The quantitative estimate of drug-likeness (QED) is 0.0233. The van der Waals surface area contributed by atoms with Gasteiger partial charge in [-0.3, -0.25) is 48.1 Å². The fourth-order valence-electron chi connectivity index (χ4n) is 9.48. The molecule has 0 aliphatic carbocycles. The highest BCUT2D eigenvalue weighted by molar-refractivity contribution is 8.00. The van der Waals surface area contributed by atoms with Gasteiger partial charge in [-0.2, -0.15) is 0 Å². The molecule has 0 saturated heterocycles. The molecule has 0 spiro atoms. The van der Waals surface area contributed by atoms with Gasteiger partial charge in [0.15, 0.2) is 0 Å². The Morgan fingerprint density at radius 2 is 1.26 bits per heavy atom. The molecular weight excluding hydrogens is 1260 g/mol. The highest BCUT2D eigenvalue weighted by Gasteiger charge is 2.38. The summed E-state index contributed by atoms with van der Waals surface area (Å²) in [7, 11) is 0. The van der Waals surface area contributed by atoms with Gasteiger partial charge < -0.3 is 75.9 Å². The number of benzene rings is 3. The number of aromatic nitrogens is 1. The molecule has 0 saturated carbocycles. The number of nitrogens with one attached hydrogen (secondary N) is 6. The first-order chi connectivity index (χ1) is 45.3. The molecular formula is C65H84F2N10O17S. The Morgan fingerprint density at radius 1 is 0.674 bits per heavy atom. The van der Waals surface area contributed by atoms with Gasteiger partial charge in [0.1, 0.15) is 49.0 Å². The van der Waals surface area contributed by atoms with Gasteiger partial charge in [-0.05, 0) is 61.1 Å². The Kier molecular flexibility index (Phi) is 31.9. The minimum Gasteiger partial charge on any atom is -0.480 e. The molecule has 0 bridgehead atoms. The number of hydrogen-bond acceptors (Lipinski definition) is 17. The van der Waals surface area contributed by atoms with E-state index < -0.39 is 119 Å². The largest absolute Gasteiger partial charge is 0.480 e. The van der Waals surface area contributed by atoms with Crippen LogP contribution >= 0.6 is 11.8 Å². The van der Waals surface area contributed by atoms with Crippen molar-refractivity contribution in [2.24, 2.45) is 11.1 Å². The SMILES string of the molecule is C[C@H](NC(=O)OCc1ccccc1)C(=O)N[C@H](C)C(=O)N[C@@H](CC(N)=O)C(=O)NCCCN(C(=O)CSC[C@H](NC(=O)CCOCCOCCOCCOCCNC(=O)CN1C(=O)C=CC1=O)C(=O)O)[C@@H](c1cc(-c2cc(F)ccc2F)cn1Cc1ccccc1)C(C)(C)C. The predicted octanol–water partition coefficient (Wildman–Crippen LogP) is 2.88. The van der Waals surface area contributed by atoms with E-state index in [0.717, 1.165) is 52.6 Å². The lowest BCUT2D eigenvalue weighted by molar-refractivity contribution is -0.141. The molecule has 3 aromatic carbocycles. The summed E-state index contributed by atoms with van der Waals surface area (Å²) in [5, 5.41) is 25.2. The number of thioether (sulfide) groups is 1. The van der Waals surface area contributed by atoms with E-state index in [2.05, 4.69) is 31.9 Å². The summed E-state index contributed by atoms with van der Waals surface area (Å²) in [5.74, 6) is -9.44. The van der Waals surface area contributed by atoms with Crippen LogP contribution in [0.25, 0.3) is 11.1 Å². The van der Waals surface area contributed by atoms with E-state index in [4.69, 9.17) is 29.4 Å². The normalized spacial score (nSPS) is 13.6. The van der Waals surface area contributed by atoms with Crippen LogP contribution in [-0.2, 0) is 84.8 Å². The van der Waals surface area contributed by atoms with Crippen molar-refractivity contribution >= 4 is 77.0 Å². The maximum absolute atomic E-state index is 15.6. The summed E-state index contributed by atoms with van der Waals surface area (Å²) in [6.07, 6.45) is 2.18. The van der Waals surface area contributed by atoms with E-state index in [1.54, 1.807) is 47.5 Å². The Bertz CT molecular complexity index is 3260. The van der Waals surface area contributed by atoms with E-state index in [0.29, 0.717) is 16.8 Å². The average molecular weight is 1350 g/mol. The Balaban J connectivity index is 1.16. The van der Waals surface area contributed by atoms with Crippen molar-refractivity contribution in [1.29, 1.82) is 0 Å². The second-order valence-electron chi connectivity index (χ2n) is 22.9. The lowest BCUT2D eigenvalue weighted by Crippen LogP contribution is -2.56. The van der Waals surface area contributed by atoms with Gasteiger partial charge in [0.05, 0.1) is 71.1 Å². The van der Waals surface area contributed by atoms with Crippen molar-refractivity contribution < 1.29 is 90.3 Å². The topological polar surface area (TPSA) is 364 Å². The molecule has 4 aromatic rings. The van der Waals surface area contributed by atoms with Crippen LogP contribution in [0.4, 0.5) is 13.6 Å². The summed E-state index contributed by atoms with van der Waals surface area (Å²) in [5.41, 5.74) is 7.03. The molecule has 10 amide bonds. The zero-order valence-corrected chi connectivity index (χ0v) is 54.5. The second-order valence-corrected chi connectivity index (χ2v) is 23.9. The van der Waals surface area contributed by atoms with Crippen molar-refractivity contribution in [2.75, 3.05) is 90.5 Å². The minimum absolute atomic E-state index is 0.0328. The Hall–Kier alpha value is -9.10. The number of halogens is 2. The van der Waals surface area contributed by atoms with Crippen LogP contribution in [0.5, 0.6) is 0 Å². The van der Waals surface area contributed by atoms with Crippen LogP contribution in [0.3, 0.4) is 0 Å². The molecule has 0 unspecified atom stereocenters. The summed E-state index contributed by atoms with van der Waals surface area (Å²) in [6, 6.07) is 16.6. The van der Waals surface area contributed by atoms with Gasteiger partial charge in [-0.25, -0.2) is 18.4 Å². The second kappa shape index (κ2) is 39.6. The maximum atomic E-state index is 15.6. The number of carboxylic acids is 1. The first-order valence-corrected chi connectivity index (χ1v) is 31.8. The van der Waals surface area contributed by atoms with Gasteiger partial charge in [0, 0.05) is 73.5 Å². The van der Waals surface area contributed by atoms with E-state index in [1.165, 1.54) is 13.8 Å². The summed E-state index contributed by atoms with van der Waals surface area (Å²) < 4.78 is 59.2. The molecule has 0 radical (unpaired) electrons. The number of aliphatic carboxylic acids is 1. The van der Waals surface area contributed by atoms with Crippen LogP contribution in [0.1, 0.15) is 76.7 Å². The number of imide groups is 1. The molecule has 2 heterocycles. The first kappa shape index (κ1) is 76.6. The molecule has 516 valence electrons. The fourth-order valence-corrected chi connectivity index (χ4v) is 10.4. The highest BCUT2D eigenvalue weighted by atomic mass is 32.2. The third-order valence-corrected chi connectivity index (χ3v) is 15.2. The smallest absolute Gasteiger partial charge is 0.408 e. The molecule has 0 fully saturated rings. The number of alkyl carbamates (subject to hydrolysis) is 1. The number of rotatable bonds is 42. The number of carbonyl (C=O) groups excluding carboxylic acids is 10. The average Bonchev–Trinajstić information content (AvgIpc) is 1.66. The highest BCUT2D eigenvalue weighted by Crippen LogP contribution is 2.41. The number of primary amides is 1. The monoisotopic (exact) mass is 1350 g/mol. The van der Waals surface area contributed by atoms with E-state index in [-0.39, 0.29) is 122 Å². The zero-order chi connectivity index (χ0) is 69.5. The molecule has 5 atom stereocenters. The third-order valence-electron chi connectivity index (χ3n) is 14.2. The van der Waals surface area contributed by atoms with Crippen LogP contribution in [0.15, 0.2) is 103 Å². The summed E-state index contributed by atoms with van der Waals surface area (Å²) in [6.45, 7) is 9.41. The molecule has 30 heteroatoms. The van der Waals surface area contributed by atoms with Crippen molar-refractivity contribution in [2.45, 2.75) is 97.2 Å². The Labute approximate surface area is 553 Å². The fraction of sp³-hybridized carbons (Fsp3) is 0.462. The van der Waals surface area contributed by atoms with Crippen molar-refractivity contribution in [3.63, 3.8) is 0 Å². The van der Waals surface area contributed by atoms with Crippen molar-refractivity contribution in [3.8, 4) is 11.1 Å². The van der Waals surface area contributed by atoms with E-state index in [1.807, 2.05) is 55.7 Å². The molecule has 27 nitrogen and oxygen atoms in total. The number of ether oxygens (including phenoxy) is 5. The maximum Gasteiger partial charge on any atom is 0.408 e. The van der Waals surface area contributed by atoms with Crippen LogP contribution < -0.4 is 37.6 Å². The number of nitrogens with zero attached hydrogens (tertiary/aromatic N) is 3. The van der Waals surface area contributed by atoms with Crippen LogP contribution in [-0.4, -0.2) is 199 Å². The third kappa shape index (κ3) is 27.0. The van der Waals surface area contributed by atoms with Crippen molar-refractivity contribution in [3.05, 3.63) is 132 Å². The number of hydrogen-bond donors (Lipinski definition) is 8. The molecule has 1 aromatic heterocycles. The van der Waals surface area contributed by atoms with Crippen molar-refractivity contribution in [1.82, 2.24) is 46.3 Å². The van der Waals surface area contributed by atoms with Gasteiger partial charge in [0.2, 0.25) is 41.4 Å². The first-order valence-electron chi connectivity index (χ1n) is 30.6. The number of nitrogens with two attached hydrogens (primary N) is 1. The minimum atomic E-state index is -1.52. The lowest BCUT2D eigenvalue weighted by Gasteiger charge is -2.41. The number of carbonyl (C=O) groups is 11. The van der Waals surface area contributed by atoms with E-state index in [9.17, 15) is 62.2 Å². The van der Waals surface area contributed by atoms with Crippen LogP contribution in [0.2, 0.25) is 0 Å². The lowest BCUT2D eigenvalue weighted by atomic mass is 9.83. The predicted molar refractivity (Wildman–Crippen MR) is 343 cm³/mol. The van der Waals surface area contributed by atoms with Gasteiger partial charge in [-0.15, -0.1) is 11.8 Å². The zero-order valence-electron chi connectivity index (χ0n) is 53.7. The molecule has 95 heavy (non-hydrogen) atoms. The standard InChI is InChI=1S/C65H84F2N10O17S/c1-42(71-60(84)43(2)72-64(89)94-39-45-15-10-7-11-16-45)61(85)74-50(35-53(68)78)62(86)70-22-12-24-76(59(65(3,4)5)52-33-46(48-34-47(66)17-18-49(48)67)37-75(52)36-44-13-8-6-9-14-44)58(83)41-95-40-51(63(87)88)73-54(79)21-25-90-27-29-92-31-32-93-30-28-91-26-23-69-55(80)38-77-56(81)19-20-57(77)82/h6-11,13-20,33-34,37,42-43,50-51,59H,12,21-32,35-36,38-41H2,1-5H3,(H2,68,78)(H,69,80)(H,70,86)(H,71,84)(H,72,89)(H,73,79)(H,74,85)(H,87,88)/t42-,43+,50+,51+,59+/m1/s1. The van der Waals surface area contributed by atoms with E-state index >= 15 is 4.39 Å².